The van der Waals surface area contributed by atoms with E-state index in [1.54, 1.807) is 23.2 Å². The van der Waals surface area contributed by atoms with Gasteiger partial charge in [-0.1, -0.05) is 42.5 Å². The molecular formula is C17H16FNO. The van der Waals surface area contributed by atoms with E-state index in [4.69, 9.17) is 0 Å². The van der Waals surface area contributed by atoms with E-state index in [0.29, 0.717) is 11.1 Å². The van der Waals surface area contributed by atoms with Crippen LogP contribution in [0.4, 0.5) is 4.39 Å². The first-order chi connectivity index (χ1) is 9.58. The van der Waals surface area contributed by atoms with Gasteiger partial charge in [-0.05, 0) is 11.6 Å². The van der Waals surface area contributed by atoms with Gasteiger partial charge in [0, 0.05) is 37.5 Å². The zero-order valence-electron chi connectivity index (χ0n) is 11.5. The number of halogens is 1. The van der Waals surface area contributed by atoms with E-state index >= 15 is 0 Å². The molecule has 102 valence electrons. The molecule has 0 radical (unpaired) electrons. The average molecular weight is 269 g/mol. The minimum atomic E-state index is -0.389. The van der Waals surface area contributed by atoms with Crippen molar-refractivity contribution in [2.24, 2.45) is 0 Å². The number of hydrogen-bond donors (Lipinski definition) is 0. The predicted octanol–water partition coefficient (Wildman–Crippen LogP) is 3.75. The maximum absolute atomic E-state index is 14.1. The molecule has 0 saturated carbocycles. The van der Waals surface area contributed by atoms with E-state index in [0.717, 1.165) is 5.56 Å². The second kappa shape index (κ2) is 6.15. The van der Waals surface area contributed by atoms with Crippen LogP contribution in [0.3, 0.4) is 0 Å². The van der Waals surface area contributed by atoms with Crippen LogP contribution in [0, 0.1) is 5.82 Å². The monoisotopic (exact) mass is 269 g/mol. The van der Waals surface area contributed by atoms with Gasteiger partial charge in [0.05, 0.1) is 0 Å². The molecule has 0 unspecified atom stereocenters. The normalized spacial score (nSPS) is 10.8. The van der Waals surface area contributed by atoms with Gasteiger partial charge in [0.15, 0.2) is 5.78 Å². The second-order valence-corrected chi connectivity index (χ2v) is 4.70. The van der Waals surface area contributed by atoms with E-state index in [1.165, 1.54) is 12.1 Å². The third kappa shape index (κ3) is 3.32. The largest absolute Gasteiger partial charge is 0.383 e. The molecule has 0 fully saturated rings. The molecule has 3 heteroatoms. The predicted molar refractivity (Wildman–Crippen MR) is 79.0 cm³/mol. The summed E-state index contributed by atoms with van der Waals surface area (Å²) in [4.78, 5) is 13.6. The highest BCUT2D eigenvalue weighted by Gasteiger charge is 2.09. The zero-order chi connectivity index (χ0) is 14.5. The van der Waals surface area contributed by atoms with Crippen molar-refractivity contribution in [3.63, 3.8) is 0 Å². The lowest BCUT2D eigenvalue weighted by Gasteiger charge is -2.06. The number of carbonyl (C=O) groups is 1. The quantitative estimate of drug-likeness (QED) is 0.622. The smallest absolute Gasteiger partial charge is 0.187 e. The zero-order valence-corrected chi connectivity index (χ0v) is 11.5. The Morgan fingerprint density at radius 3 is 2.40 bits per heavy atom. The molecule has 0 aliphatic heterocycles. The van der Waals surface area contributed by atoms with Crippen LogP contribution in [0.15, 0.2) is 60.8 Å². The van der Waals surface area contributed by atoms with Gasteiger partial charge in [-0.15, -0.1) is 0 Å². The highest BCUT2D eigenvalue weighted by Crippen LogP contribution is 2.23. The number of rotatable bonds is 4. The molecule has 0 amide bonds. The Balaban J connectivity index is 2.29. The summed E-state index contributed by atoms with van der Waals surface area (Å²) in [7, 11) is 3.64. The molecule has 2 nitrogen and oxygen atoms in total. The topological polar surface area (TPSA) is 20.3 Å². The summed E-state index contributed by atoms with van der Waals surface area (Å²) in [5.74, 6) is -0.600. The van der Waals surface area contributed by atoms with Crippen LogP contribution in [0.1, 0.15) is 10.4 Å². The van der Waals surface area contributed by atoms with Gasteiger partial charge in [-0.2, -0.15) is 0 Å². The summed E-state index contributed by atoms with van der Waals surface area (Å²) in [6.07, 6.45) is 3.07. The number of hydrogen-bond acceptors (Lipinski definition) is 2. The number of ketones is 1. The number of allylic oxidation sites excluding steroid dienone is 1. The van der Waals surface area contributed by atoms with E-state index in [2.05, 4.69) is 0 Å². The van der Waals surface area contributed by atoms with Crippen molar-refractivity contribution in [1.82, 2.24) is 4.90 Å². The number of nitrogens with zero attached hydrogens (tertiary/aromatic N) is 1. The van der Waals surface area contributed by atoms with E-state index in [9.17, 15) is 9.18 Å². The first-order valence-electron chi connectivity index (χ1n) is 6.32. The van der Waals surface area contributed by atoms with Crippen molar-refractivity contribution < 1.29 is 9.18 Å². The molecule has 2 rings (SSSR count). The minimum absolute atomic E-state index is 0.211. The summed E-state index contributed by atoms with van der Waals surface area (Å²) in [5, 5.41) is 0. The molecule has 2 aromatic carbocycles. The Morgan fingerprint density at radius 2 is 1.80 bits per heavy atom. The Morgan fingerprint density at radius 1 is 1.10 bits per heavy atom. The molecule has 0 N–H and O–H groups in total. The number of carbonyl (C=O) groups excluding carboxylic acids is 1. The van der Waals surface area contributed by atoms with Crippen molar-refractivity contribution >= 4 is 5.78 Å². The third-order valence-electron chi connectivity index (χ3n) is 2.86. The van der Waals surface area contributed by atoms with Gasteiger partial charge in [-0.3, -0.25) is 4.79 Å². The fourth-order valence-corrected chi connectivity index (χ4v) is 1.83. The molecular weight excluding hydrogens is 253 g/mol. The van der Waals surface area contributed by atoms with Crippen molar-refractivity contribution in [2.45, 2.75) is 0 Å². The van der Waals surface area contributed by atoms with Crippen LogP contribution in [-0.2, 0) is 0 Å². The fraction of sp³-hybridized carbons (Fsp3) is 0.118. The van der Waals surface area contributed by atoms with E-state index in [1.807, 2.05) is 44.4 Å². The van der Waals surface area contributed by atoms with Crippen LogP contribution < -0.4 is 0 Å². The SMILES string of the molecule is CN(C)C=CC(=O)c1ccc(-c2ccccc2)c(F)c1. The lowest BCUT2D eigenvalue weighted by Crippen LogP contribution is -2.03. The van der Waals surface area contributed by atoms with Crippen molar-refractivity contribution in [2.75, 3.05) is 14.1 Å². The van der Waals surface area contributed by atoms with Gasteiger partial charge in [0.2, 0.25) is 0 Å². The Labute approximate surface area is 118 Å². The molecule has 0 aliphatic rings. The highest BCUT2D eigenvalue weighted by molar-refractivity contribution is 6.04. The Hall–Kier alpha value is -2.42. The average Bonchev–Trinajstić information content (AvgIpc) is 2.45. The summed E-state index contributed by atoms with van der Waals surface area (Å²) in [5.41, 5.74) is 1.65. The molecule has 0 bridgehead atoms. The van der Waals surface area contributed by atoms with E-state index in [-0.39, 0.29) is 11.6 Å². The van der Waals surface area contributed by atoms with Gasteiger partial charge in [0.1, 0.15) is 5.82 Å². The summed E-state index contributed by atoms with van der Waals surface area (Å²) >= 11 is 0. The maximum atomic E-state index is 14.1. The molecule has 0 aliphatic carbocycles. The molecule has 0 heterocycles. The van der Waals surface area contributed by atoms with Crippen molar-refractivity contribution in [3.05, 3.63) is 72.2 Å². The Kier molecular flexibility index (Phi) is 4.31. The molecule has 0 atom stereocenters. The minimum Gasteiger partial charge on any atom is -0.383 e. The second-order valence-electron chi connectivity index (χ2n) is 4.70. The number of benzene rings is 2. The summed E-state index contributed by atoms with van der Waals surface area (Å²) < 4.78 is 14.1. The van der Waals surface area contributed by atoms with Gasteiger partial charge < -0.3 is 4.90 Å². The summed E-state index contributed by atoms with van der Waals surface area (Å²) in [6.45, 7) is 0. The lowest BCUT2D eigenvalue weighted by molar-refractivity contribution is 0.104. The first kappa shape index (κ1) is 14.0. The van der Waals surface area contributed by atoms with Crippen LogP contribution in [0.2, 0.25) is 0 Å². The van der Waals surface area contributed by atoms with Crippen LogP contribution in [-0.4, -0.2) is 24.8 Å². The van der Waals surface area contributed by atoms with Crippen molar-refractivity contribution in [1.29, 1.82) is 0 Å². The first-order valence-corrected chi connectivity index (χ1v) is 6.32. The van der Waals surface area contributed by atoms with Crippen LogP contribution in [0.25, 0.3) is 11.1 Å². The molecule has 2 aromatic rings. The lowest BCUT2D eigenvalue weighted by atomic mass is 10.0. The van der Waals surface area contributed by atoms with Gasteiger partial charge >= 0.3 is 0 Å². The van der Waals surface area contributed by atoms with Gasteiger partial charge in [-0.25, -0.2) is 4.39 Å². The van der Waals surface area contributed by atoms with Crippen LogP contribution in [0.5, 0.6) is 0 Å². The maximum Gasteiger partial charge on any atom is 0.187 e. The van der Waals surface area contributed by atoms with Gasteiger partial charge in [0.25, 0.3) is 0 Å². The molecule has 0 saturated heterocycles. The highest BCUT2D eigenvalue weighted by atomic mass is 19.1. The standard InChI is InChI=1S/C17H16FNO/c1-19(2)11-10-17(20)14-8-9-15(16(18)12-14)13-6-4-3-5-7-13/h3-12H,1-2H3. The van der Waals surface area contributed by atoms with Crippen LogP contribution >= 0.6 is 0 Å². The molecule has 0 spiro atoms. The molecule has 0 aromatic heterocycles. The summed E-state index contributed by atoms with van der Waals surface area (Å²) in [6, 6.07) is 13.8. The van der Waals surface area contributed by atoms with Crippen molar-refractivity contribution in [3.8, 4) is 11.1 Å². The fourth-order valence-electron chi connectivity index (χ4n) is 1.83. The van der Waals surface area contributed by atoms with E-state index < -0.39 is 0 Å². The third-order valence-corrected chi connectivity index (χ3v) is 2.86. The Bertz CT molecular complexity index is 633. The molecule has 20 heavy (non-hydrogen) atoms.